The van der Waals surface area contributed by atoms with Crippen molar-refractivity contribution < 1.29 is 4.39 Å². The summed E-state index contributed by atoms with van der Waals surface area (Å²) in [4.78, 5) is 4.77. The molecule has 2 heterocycles. The van der Waals surface area contributed by atoms with Gasteiger partial charge in [0.2, 0.25) is 0 Å². The third-order valence-corrected chi connectivity index (χ3v) is 8.97. The average Bonchev–Trinajstić information content (AvgIpc) is 3.32. The van der Waals surface area contributed by atoms with Gasteiger partial charge in [-0.15, -0.1) is 0 Å². The number of halogens is 1. The molecule has 0 saturated heterocycles. The maximum atomic E-state index is 14.0. The number of allylic oxidation sites excluding steroid dienone is 4. The van der Waals surface area contributed by atoms with Crippen molar-refractivity contribution in [3.05, 3.63) is 150 Å². The molecule has 0 fully saturated rings. The van der Waals surface area contributed by atoms with E-state index in [0.29, 0.717) is 5.92 Å². The molecule has 8 rings (SSSR count). The van der Waals surface area contributed by atoms with Crippen LogP contribution in [-0.2, 0) is 5.41 Å². The zero-order valence-corrected chi connectivity index (χ0v) is 22.6. The Morgan fingerprint density at radius 3 is 2.40 bits per heavy atom. The molecule has 0 saturated carbocycles. The molecule has 5 aromatic rings. The van der Waals surface area contributed by atoms with Gasteiger partial charge in [-0.25, -0.2) is 4.39 Å². The number of nitrogens with zero attached hydrogens (tertiary/aromatic N) is 2. The molecule has 2 aliphatic heterocycles. The highest BCUT2D eigenvalue weighted by Gasteiger charge is 2.46. The molecule has 0 N–H and O–H groups in total. The largest absolute Gasteiger partial charge is 0.313 e. The molecular formula is C37H29FN2. The minimum Gasteiger partial charge on any atom is -0.313 e. The fourth-order valence-electron chi connectivity index (χ4n) is 7.10. The van der Waals surface area contributed by atoms with Crippen molar-refractivity contribution in [2.45, 2.75) is 31.6 Å². The second-order valence-electron chi connectivity index (χ2n) is 11.5. The van der Waals surface area contributed by atoms with Crippen LogP contribution < -0.4 is 9.80 Å². The number of hydrogen-bond donors (Lipinski definition) is 0. The maximum absolute atomic E-state index is 14.0. The molecule has 5 aromatic carbocycles. The normalized spacial score (nSPS) is 18.0. The standard InChI is InChI=1S/C37H29FN2/c1-37(2)31-13-5-6-15-35(31)40-34-22-21-27(23-30(34)29-12-8-14-32(37)36(29)40)39(26-19-17-25(38)18-20-26)33-16-7-10-24-9-3-4-11-28(24)33/h3-11,13-23,29H,12H2,1-2H3. The first-order valence-electron chi connectivity index (χ1n) is 14.0. The van der Waals surface area contributed by atoms with Crippen molar-refractivity contribution in [2.24, 2.45) is 0 Å². The molecule has 1 aliphatic carbocycles. The molecule has 2 nitrogen and oxygen atoms in total. The molecule has 0 spiro atoms. The maximum Gasteiger partial charge on any atom is 0.123 e. The van der Waals surface area contributed by atoms with Crippen LogP contribution in [-0.4, -0.2) is 0 Å². The van der Waals surface area contributed by atoms with Gasteiger partial charge in [-0.05, 0) is 83.1 Å². The van der Waals surface area contributed by atoms with E-state index >= 15 is 0 Å². The molecule has 0 bridgehead atoms. The monoisotopic (exact) mass is 520 g/mol. The van der Waals surface area contributed by atoms with Crippen LogP contribution in [0.5, 0.6) is 0 Å². The van der Waals surface area contributed by atoms with Gasteiger partial charge >= 0.3 is 0 Å². The molecule has 40 heavy (non-hydrogen) atoms. The Kier molecular flexibility index (Phi) is 4.91. The minimum absolute atomic E-state index is 0.0639. The van der Waals surface area contributed by atoms with Crippen LogP contribution in [0.15, 0.2) is 133 Å². The van der Waals surface area contributed by atoms with Gasteiger partial charge in [0.05, 0.1) is 5.69 Å². The van der Waals surface area contributed by atoms with Crippen LogP contribution >= 0.6 is 0 Å². The van der Waals surface area contributed by atoms with Gasteiger partial charge in [-0.2, -0.15) is 0 Å². The Hall–Kier alpha value is -4.63. The van der Waals surface area contributed by atoms with Gasteiger partial charge in [0.15, 0.2) is 0 Å². The van der Waals surface area contributed by atoms with Gasteiger partial charge in [-0.1, -0.05) is 80.6 Å². The van der Waals surface area contributed by atoms with E-state index in [1.165, 1.54) is 39.2 Å². The van der Waals surface area contributed by atoms with Crippen LogP contribution in [0.2, 0.25) is 0 Å². The highest BCUT2D eigenvalue weighted by atomic mass is 19.1. The average molecular weight is 521 g/mol. The Morgan fingerprint density at radius 2 is 1.52 bits per heavy atom. The number of para-hydroxylation sites is 1. The van der Waals surface area contributed by atoms with Gasteiger partial charge in [-0.3, -0.25) is 0 Å². The van der Waals surface area contributed by atoms with E-state index in [0.717, 1.165) is 28.9 Å². The van der Waals surface area contributed by atoms with Crippen molar-refractivity contribution in [1.29, 1.82) is 0 Å². The summed E-state index contributed by atoms with van der Waals surface area (Å²) in [5, 5.41) is 2.34. The zero-order valence-electron chi connectivity index (χ0n) is 22.6. The Bertz CT molecular complexity index is 1870. The summed E-state index contributed by atoms with van der Waals surface area (Å²) in [5.41, 5.74) is 11.1. The highest BCUT2D eigenvalue weighted by Crippen LogP contribution is 2.60. The van der Waals surface area contributed by atoms with Gasteiger partial charge < -0.3 is 9.80 Å². The summed E-state index contributed by atoms with van der Waals surface area (Å²) in [7, 11) is 0. The van der Waals surface area contributed by atoms with E-state index in [1.54, 1.807) is 12.1 Å². The molecule has 0 aromatic heterocycles. The van der Waals surface area contributed by atoms with E-state index in [-0.39, 0.29) is 11.2 Å². The lowest BCUT2D eigenvalue weighted by Crippen LogP contribution is -2.33. The van der Waals surface area contributed by atoms with Crippen molar-refractivity contribution in [2.75, 3.05) is 9.80 Å². The van der Waals surface area contributed by atoms with E-state index in [2.05, 4.69) is 121 Å². The summed E-state index contributed by atoms with van der Waals surface area (Å²) in [5.74, 6) is 0.0624. The van der Waals surface area contributed by atoms with Crippen molar-refractivity contribution in [3.63, 3.8) is 0 Å². The number of rotatable bonds is 3. The van der Waals surface area contributed by atoms with Crippen molar-refractivity contribution in [1.82, 2.24) is 0 Å². The van der Waals surface area contributed by atoms with Crippen LogP contribution in [0.25, 0.3) is 10.8 Å². The predicted molar refractivity (Wildman–Crippen MR) is 164 cm³/mol. The predicted octanol–water partition coefficient (Wildman–Crippen LogP) is 10.2. The molecule has 1 atom stereocenters. The highest BCUT2D eigenvalue weighted by molar-refractivity contribution is 5.99. The third-order valence-electron chi connectivity index (χ3n) is 8.97. The summed E-state index contributed by atoms with van der Waals surface area (Å²) in [6.07, 6.45) is 5.68. The summed E-state index contributed by atoms with van der Waals surface area (Å²) >= 11 is 0. The molecule has 0 amide bonds. The fraction of sp³-hybridized carbons (Fsp3) is 0.135. The minimum atomic E-state index is -0.234. The summed E-state index contributed by atoms with van der Waals surface area (Å²) in [6.45, 7) is 4.70. The van der Waals surface area contributed by atoms with Crippen LogP contribution in [0, 0.1) is 5.82 Å². The quantitative estimate of drug-likeness (QED) is 0.233. The third kappa shape index (κ3) is 3.21. The lowest BCUT2D eigenvalue weighted by molar-refractivity contribution is 0.598. The second kappa shape index (κ2) is 8.43. The number of fused-ring (bicyclic) bond motifs is 6. The smallest absolute Gasteiger partial charge is 0.123 e. The first kappa shape index (κ1) is 23.3. The number of benzene rings is 5. The number of anilines is 5. The van der Waals surface area contributed by atoms with E-state index in [9.17, 15) is 4.39 Å². The Morgan fingerprint density at radius 1 is 0.775 bits per heavy atom. The van der Waals surface area contributed by atoms with Gasteiger partial charge in [0.1, 0.15) is 5.82 Å². The lowest BCUT2D eigenvalue weighted by atomic mass is 9.70. The fourth-order valence-corrected chi connectivity index (χ4v) is 7.10. The molecule has 3 aliphatic rings. The summed E-state index contributed by atoms with van der Waals surface area (Å²) < 4.78 is 14.0. The Balaban J connectivity index is 1.36. The van der Waals surface area contributed by atoms with Crippen molar-refractivity contribution >= 4 is 39.2 Å². The topological polar surface area (TPSA) is 6.48 Å². The summed E-state index contributed by atoms with van der Waals surface area (Å²) in [6, 6.07) is 37.4. The van der Waals surface area contributed by atoms with Gasteiger partial charge in [0, 0.05) is 45.2 Å². The second-order valence-corrected chi connectivity index (χ2v) is 11.5. The van der Waals surface area contributed by atoms with Crippen molar-refractivity contribution in [3.8, 4) is 0 Å². The van der Waals surface area contributed by atoms with Crippen LogP contribution in [0.3, 0.4) is 0 Å². The zero-order chi connectivity index (χ0) is 27.0. The SMILES string of the molecule is CC1(C)C2=C3C(CC=C2)c2cc(N(c4ccc(F)cc4)c4cccc5ccccc45)ccc2N3c2ccccc21. The molecule has 0 radical (unpaired) electrons. The molecule has 1 unspecified atom stereocenters. The molecule has 3 heteroatoms. The first-order valence-corrected chi connectivity index (χ1v) is 14.0. The van der Waals surface area contributed by atoms with Gasteiger partial charge in [0.25, 0.3) is 0 Å². The molecular weight excluding hydrogens is 491 g/mol. The number of hydrogen-bond acceptors (Lipinski definition) is 2. The van der Waals surface area contributed by atoms with Crippen LogP contribution in [0.4, 0.5) is 32.8 Å². The van der Waals surface area contributed by atoms with E-state index in [4.69, 9.17) is 0 Å². The Labute approximate surface area is 234 Å². The van der Waals surface area contributed by atoms with Crippen LogP contribution in [0.1, 0.15) is 37.3 Å². The van der Waals surface area contributed by atoms with E-state index < -0.39 is 0 Å². The van der Waals surface area contributed by atoms with E-state index in [1.807, 2.05) is 12.1 Å². The molecule has 194 valence electrons. The first-order chi connectivity index (χ1) is 19.5. The lowest BCUT2D eigenvalue weighted by Gasteiger charge is -2.42.